The van der Waals surface area contributed by atoms with Crippen molar-refractivity contribution >= 4 is 28.9 Å². The highest BCUT2D eigenvalue weighted by Gasteiger charge is 2.36. The molecule has 1 saturated heterocycles. The van der Waals surface area contributed by atoms with Crippen LogP contribution in [0.15, 0.2) is 71.5 Å². The lowest BCUT2D eigenvalue weighted by molar-refractivity contribution is -0.136. The maximum atomic E-state index is 14.0. The minimum atomic E-state index is -4.74. The van der Waals surface area contributed by atoms with Crippen LogP contribution in [0.25, 0.3) is 28.3 Å². The fourth-order valence-electron chi connectivity index (χ4n) is 4.44. The van der Waals surface area contributed by atoms with E-state index in [1.165, 1.54) is 41.4 Å². The zero-order chi connectivity index (χ0) is 29.2. The number of nitrogens with one attached hydrogen (secondary N) is 1. The van der Waals surface area contributed by atoms with Gasteiger partial charge in [0.2, 0.25) is 5.91 Å². The van der Waals surface area contributed by atoms with Crippen LogP contribution in [0.1, 0.15) is 40.1 Å². The summed E-state index contributed by atoms with van der Waals surface area (Å²) >= 11 is 0. The Labute approximate surface area is 230 Å². The van der Waals surface area contributed by atoms with E-state index in [0.717, 1.165) is 6.07 Å². The Morgan fingerprint density at radius 2 is 1.85 bits per heavy atom. The zero-order valence-corrected chi connectivity index (χ0v) is 21.4. The monoisotopic (exact) mass is 570 g/mol. The van der Waals surface area contributed by atoms with Gasteiger partial charge < -0.3 is 14.6 Å². The molecule has 1 aliphatic heterocycles. The molecule has 7 nitrogen and oxygen atoms in total. The molecule has 0 unspecified atom stereocenters. The quantitative estimate of drug-likeness (QED) is 0.223. The number of halogens is 5. The molecule has 0 atom stereocenters. The van der Waals surface area contributed by atoms with E-state index < -0.39 is 42.3 Å². The summed E-state index contributed by atoms with van der Waals surface area (Å²) < 4.78 is 74.2. The number of nitrogens with zero attached hydrogens (tertiary/aromatic N) is 3. The van der Waals surface area contributed by atoms with E-state index in [1.54, 1.807) is 30.6 Å². The third-order valence-electron chi connectivity index (χ3n) is 6.61. The van der Waals surface area contributed by atoms with Crippen LogP contribution >= 0.6 is 0 Å². The van der Waals surface area contributed by atoms with E-state index in [0.29, 0.717) is 5.56 Å². The minimum Gasteiger partial charge on any atom is -0.459 e. The van der Waals surface area contributed by atoms with E-state index in [-0.39, 0.29) is 53.2 Å². The number of carbonyl (C=O) groups excluding carboxylic acids is 2. The van der Waals surface area contributed by atoms with Gasteiger partial charge >= 0.3 is 6.18 Å². The number of carbonyl (C=O) groups is 2. The first kappa shape index (κ1) is 27.9. The average Bonchev–Trinajstić information content (AvgIpc) is 3.37. The molecule has 4 aromatic rings. The highest BCUT2D eigenvalue weighted by Crippen LogP contribution is 2.39. The van der Waals surface area contributed by atoms with Crippen molar-refractivity contribution in [3.05, 3.63) is 89.6 Å². The SMILES string of the molecule is O=C(C=Cc1cccnc1)NCc1cc2cc(-c3ccc(C(=O)N4CCC(F)(F)CC4)cn3)cc(C(F)(F)F)c2o1. The molecule has 0 radical (unpaired) electrons. The zero-order valence-electron chi connectivity index (χ0n) is 21.4. The number of aromatic nitrogens is 2. The molecule has 0 spiro atoms. The van der Waals surface area contributed by atoms with Crippen molar-refractivity contribution in [3.63, 3.8) is 0 Å². The van der Waals surface area contributed by atoms with Crippen molar-refractivity contribution in [2.75, 3.05) is 13.1 Å². The smallest absolute Gasteiger partial charge is 0.420 e. The number of pyridine rings is 2. The number of fused-ring (bicyclic) bond motifs is 1. The average molecular weight is 571 g/mol. The van der Waals surface area contributed by atoms with Crippen molar-refractivity contribution in [2.45, 2.75) is 31.5 Å². The molecule has 0 saturated carbocycles. The second-order valence-corrected chi connectivity index (χ2v) is 9.57. The Bertz CT molecular complexity index is 1590. The number of likely N-dealkylation sites (tertiary alicyclic amines) is 1. The number of alkyl halides is 5. The van der Waals surface area contributed by atoms with Crippen molar-refractivity contribution in [1.29, 1.82) is 0 Å². The van der Waals surface area contributed by atoms with Crippen LogP contribution in [-0.4, -0.2) is 45.7 Å². The standard InChI is InChI=1S/C29H23F5N4O3/c30-28(31)7-10-38(11-8-28)27(40)19-4-5-24(36-16-19)20-12-21-13-22(41-26(21)23(14-20)29(32,33)34)17-37-25(39)6-3-18-2-1-9-35-15-18/h1-6,9,12-16H,7-8,10-11,17H2,(H,37,39). The van der Waals surface area contributed by atoms with Crippen LogP contribution in [0, 0.1) is 0 Å². The number of amides is 2. The van der Waals surface area contributed by atoms with Gasteiger partial charge in [-0.15, -0.1) is 0 Å². The molecule has 5 rings (SSSR count). The van der Waals surface area contributed by atoms with Gasteiger partial charge in [-0.3, -0.25) is 19.6 Å². The van der Waals surface area contributed by atoms with Crippen LogP contribution in [-0.2, 0) is 17.5 Å². The first-order valence-electron chi connectivity index (χ1n) is 12.6. The molecule has 1 fully saturated rings. The largest absolute Gasteiger partial charge is 0.459 e. The Hall–Kier alpha value is -4.61. The fourth-order valence-corrected chi connectivity index (χ4v) is 4.44. The second-order valence-electron chi connectivity index (χ2n) is 9.57. The molecule has 0 aliphatic carbocycles. The molecule has 3 aromatic heterocycles. The minimum absolute atomic E-state index is 0.0940. The third kappa shape index (κ3) is 6.59. The van der Waals surface area contributed by atoms with Gasteiger partial charge in [-0.2, -0.15) is 13.2 Å². The van der Waals surface area contributed by atoms with Gasteiger partial charge in [0, 0.05) is 61.5 Å². The maximum Gasteiger partial charge on any atom is 0.420 e. The Kier molecular flexibility index (Phi) is 7.57. The van der Waals surface area contributed by atoms with Gasteiger partial charge in [-0.1, -0.05) is 6.07 Å². The number of benzene rings is 1. The molecule has 1 aromatic carbocycles. The van der Waals surface area contributed by atoms with Gasteiger partial charge in [-0.05, 0) is 48.0 Å². The predicted octanol–water partition coefficient (Wildman–Crippen LogP) is 6.11. The Balaban J connectivity index is 1.34. The summed E-state index contributed by atoms with van der Waals surface area (Å²) in [6.07, 6.45) is 1.60. The van der Waals surface area contributed by atoms with E-state index in [2.05, 4.69) is 15.3 Å². The number of hydrogen-bond donors (Lipinski definition) is 1. The highest BCUT2D eigenvalue weighted by molar-refractivity contribution is 5.94. The first-order valence-corrected chi connectivity index (χ1v) is 12.6. The summed E-state index contributed by atoms with van der Waals surface area (Å²) in [6.45, 7) is -0.332. The van der Waals surface area contributed by atoms with Gasteiger partial charge in [0.1, 0.15) is 11.3 Å². The summed E-state index contributed by atoms with van der Waals surface area (Å²) in [6, 6.07) is 10.1. The van der Waals surface area contributed by atoms with Crippen molar-refractivity contribution in [3.8, 4) is 11.3 Å². The molecular weight excluding hydrogens is 547 g/mol. The van der Waals surface area contributed by atoms with Gasteiger partial charge in [0.25, 0.3) is 11.8 Å². The van der Waals surface area contributed by atoms with Crippen LogP contribution in [0.4, 0.5) is 22.0 Å². The summed E-state index contributed by atoms with van der Waals surface area (Å²) in [4.78, 5) is 34.3. The van der Waals surface area contributed by atoms with Crippen LogP contribution in [0.3, 0.4) is 0 Å². The van der Waals surface area contributed by atoms with E-state index >= 15 is 0 Å². The molecule has 2 amide bonds. The van der Waals surface area contributed by atoms with Crippen LogP contribution in [0.2, 0.25) is 0 Å². The lowest BCUT2D eigenvalue weighted by Gasteiger charge is -2.31. The molecular formula is C29H23F5N4O3. The fraction of sp³-hybridized carbons (Fsp3) is 0.241. The molecule has 0 bridgehead atoms. The first-order chi connectivity index (χ1) is 19.5. The van der Waals surface area contributed by atoms with Crippen LogP contribution < -0.4 is 5.32 Å². The van der Waals surface area contributed by atoms with Crippen molar-refractivity contribution in [2.24, 2.45) is 0 Å². The Morgan fingerprint density at radius 3 is 2.51 bits per heavy atom. The van der Waals surface area contributed by atoms with Crippen molar-refractivity contribution in [1.82, 2.24) is 20.2 Å². The van der Waals surface area contributed by atoms with Gasteiger partial charge in [0.05, 0.1) is 23.4 Å². The number of hydrogen-bond acceptors (Lipinski definition) is 5. The molecule has 41 heavy (non-hydrogen) atoms. The van der Waals surface area contributed by atoms with E-state index in [4.69, 9.17) is 4.42 Å². The molecule has 212 valence electrons. The number of piperidine rings is 1. The molecule has 1 N–H and O–H groups in total. The molecule has 4 heterocycles. The maximum absolute atomic E-state index is 14.0. The summed E-state index contributed by atoms with van der Waals surface area (Å²) in [7, 11) is 0. The number of furan rings is 1. The lowest BCUT2D eigenvalue weighted by atomic mass is 10.0. The van der Waals surface area contributed by atoms with Gasteiger partial charge in [0.15, 0.2) is 0 Å². The summed E-state index contributed by atoms with van der Waals surface area (Å²) in [5, 5.41) is 2.73. The molecule has 12 heteroatoms. The Morgan fingerprint density at radius 1 is 1.07 bits per heavy atom. The normalized spacial score (nSPS) is 15.4. The highest BCUT2D eigenvalue weighted by atomic mass is 19.4. The van der Waals surface area contributed by atoms with E-state index in [9.17, 15) is 31.5 Å². The molecule has 1 aliphatic rings. The lowest BCUT2D eigenvalue weighted by Crippen LogP contribution is -2.42. The topological polar surface area (TPSA) is 88.3 Å². The second kappa shape index (κ2) is 11.1. The summed E-state index contributed by atoms with van der Waals surface area (Å²) in [5.74, 6) is -3.62. The van der Waals surface area contributed by atoms with E-state index in [1.807, 2.05) is 0 Å². The number of rotatable bonds is 6. The van der Waals surface area contributed by atoms with Gasteiger partial charge in [-0.25, -0.2) is 8.78 Å². The third-order valence-corrected chi connectivity index (χ3v) is 6.61. The van der Waals surface area contributed by atoms with Crippen LogP contribution in [0.5, 0.6) is 0 Å². The van der Waals surface area contributed by atoms with Crippen molar-refractivity contribution < 1.29 is 36.0 Å². The summed E-state index contributed by atoms with van der Waals surface area (Å²) in [5.41, 5.74) is -0.237. The predicted molar refractivity (Wildman–Crippen MR) is 140 cm³/mol.